The number of para-hydroxylation sites is 1. The molecule has 0 saturated carbocycles. The van der Waals surface area contributed by atoms with Gasteiger partial charge in [0.2, 0.25) is 5.89 Å². The van der Waals surface area contributed by atoms with Gasteiger partial charge in [0, 0.05) is 6.04 Å². The number of benzene rings is 1. The third-order valence-electron chi connectivity index (χ3n) is 3.87. The molecule has 2 aromatic heterocycles. The Morgan fingerprint density at radius 3 is 2.84 bits per heavy atom. The maximum atomic E-state index is 12.2. The molecule has 1 unspecified atom stereocenters. The molecule has 3 aromatic rings. The van der Waals surface area contributed by atoms with Crippen LogP contribution in [0.4, 0.5) is 5.82 Å². The van der Waals surface area contributed by atoms with Crippen LogP contribution in [0.25, 0.3) is 17.1 Å². The molecule has 130 valence electrons. The van der Waals surface area contributed by atoms with E-state index in [1.165, 1.54) is 6.26 Å². The summed E-state index contributed by atoms with van der Waals surface area (Å²) in [7, 11) is 0. The largest absolute Gasteiger partial charge is 0.443 e. The van der Waals surface area contributed by atoms with Gasteiger partial charge in [-0.2, -0.15) is 5.10 Å². The standard InChI is InChI=1S/C18H21N5O2/c1-3-7-12(2)21-17(24)15-11-25-18(22-15)14-10-20-23(16(14)19)13-8-5-4-6-9-13/h4-6,8-12H,3,7,19H2,1-2H3,(H,21,24). The van der Waals surface area contributed by atoms with E-state index in [9.17, 15) is 4.79 Å². The summed E-state index contributed by atoms with van der Waals surface area (Å²) in [5.74, 6) is 0.414. The van der Waals surface area contributed by atoms with Gasteiger partial charge in [0.1, 0.15) is 12.1 Å². The smallest absolute Gasteiger partial charge is 0.273 e. The number of hydrogen-bond acceptors (Lipinski definition) is 5. The molecule has 0 aliphatic carbocycles. The minimum Gasteiger partial charge on any atom is -0.443 e. The summed E-state index contributed by atoms with van der Waals surface area (Å²) < 4.78 is 7.04. The first-order chi connectivity index (χ1) is 12.1. The van der Waals surface area contributed by atoms with E-state index in [1.807, 2.05) is 37.3 Å². The van der Waals surface area contributed by atoms with Crippen LogP contribution >= 0.6 is 0 Å². The third-order valence-corrected chi connectivity index (χ3v) is 3.87. The molecule has 0 spiro atoms. The van der Waals surface area contributed by atoms with Crippen molar-refractivity contribution in [1.29, 1.82) is 0 Å². The molecule has 0 aliphatic heterocycles. The van der Waals surface area contributed by atoms with Crippen molar-refractivity contribution in [3.8, 4) is 17.1 Å². The summed E-state index contributed by atoms with van der Waals surface area (Å²) in [5, 5.41) is 7.17. The minimum absolute atomic E-state index is 0.0866. The molecule has 0 radical (unpaired) electrons. The molecule has 7 heteroatoms. The van der Waals surface area contributed by atoms with E-state index in [1.54, 1.807) is 10.9 Å². The second kappa shape index (κ2) is 7.21. The van der Waals surface area contributed by atoms with Crippen LogP contribution in [0, 0.1) is 0 Å². The number of hydrogen-bond donors (Lipinski definition) is 2. The van der Waals surface area contributed by atoms with E-state index < -0.39 is 0 Å². The first-order valence-corrected chi connectivity index (χ1v) is 8.25. The zero-order valence-electron chi connectivity index (χ0n) is 14.3. The number of aromatic nitrogens is 3. The normalized spacial score (nSPS) is 12.1. The fourth-order valence-electron chi connectivity index (χ4n) is 2.60. The second-order valence-electron chi connectivity index (χ2n) is 5.89. The predicted octanol–water partition coefficient (Wildman–Crippen LogP) is 3.03. The molecule has 0 bridgehead atoms. The van der Waals surface area contributed by atoms with Crippen molar-refractivity contribution in [2.45, 2.75) is 32.7 Å². The third kappa shape index (κ3) is 3.55. The Hall–Kier alpha value is -3.09. The van der Waals surface area contributed by atoms with Crippen molar-refractivity contribution in [2.75, 3.05) is 5.73 Å². The number of nitrogens with zero attached hydrogens (tertiary/aromatic N) is 3. The molecule has 0 aliphatic rings. The van der Waals surface area contributed by atoms with Gasteiger partial charge in [0.25, 0.3) is 5.91 Å². The number of carbonyl (C=O) groups excluding carboxylic acids is 1. The lowest BCUT2D eigenvalue weighted by molar-refractivity contribution is 0.0933. The summed E-state index contributed by atoms with van der Waals surface area (Å²) >= 11 is 0. The number of oxazole rings is 1. The number of nitrogens with two attached hydrogens (primary N) is 1. The maximum Gasteiger partial charge on any atom is 0.273 e. The van der Waals surface area contributed by atoms with Crippen LogP contribution in [-0.2, 0) is 0 Å². The fraction of sp³-hybridized carbons (Fsp3) is 0.278. The van der Waals surface area contributed by atoms with Crippen molar-refractivity contribution < 1.29 is 9.21 Å². The van der Waals surface area contributed by atoms with Crippen LogP contribution in [0.15, 0.2) is 47.2 Å². The van der Waals surface area contributed by atoms with Crippen molar-refractivity contribution in [2.24, 2.45) is 0 Å². The van der Waals surface area contributed by atoms with E-state index in [4.69, 9.17) is 10.2 Å². The first-order valence-electron chi connectivity index (χ1n) is 8.25. The van der Waals surface area contributed by atoms with Crippen LogP contribution in [0.2, 0.25) is 0 Å². The van der Waals surface area contributed by atoms with E-state index in [-0.39, 0.29) is 23.5 Å². The summed E-state index contributed by atoms with van der Waals surface area (Å²) in [6.07, 6.45) is 4.83. The number of carbonyl (C=O) groups is 1. The Balaban J connectivity index is 1.81. The van der Waals surface area contributed by atoms with E-state index in [2.05, 4.69) is 22.3 Å². The fourth-order valence-corrected chi connectivity index (χ4v) is 2.60. The van der Waals surface area contributed by atoms with Gasteiger partial charge < -0.3 is 15.5 Å². The zero-order valence-corrected chi connectivity index (χ0v) is 14.3. The SMILES string of the molecule is CCCC(C)NC(=O)c1coc(-c2cnn(-c3ccccc3)c2N)n1. The Morgan fingerprint density at radius 1 is 1.36 bits per heavy atom. The summed E-state index contributed by atoms with van der Waals surface area (Å²) in [6.45, 7) is 4.04. The first kappa shape index (κ1) is 16.8. The van der Waals surface area contributed by atoms with Gasteiger partial charge in [-0.05, 0) is 25.5 Å². The number of anilines is 1. The predicted molar refractivity (Wildman–Crippen MR) is 95.3 cm³/mol. The molecular formula is C18H21N5O2. The van der Waals surface area contributed by atoms with Crippen molar-refractivity contribution in [1.82, 2.24) is 20.1 Å². The molecule has 1 aromatic carbocycles. The Morgan fingerprint density at radius 2 is 2.12 bits per heavy atom. The number of nitrogens with one attached hydrogen (secondary N) is 1. The van der Waals surface area contributed by atoms with Gasteiger partial charge in [0.05, 0.1) is 17.4 Å². The molecular weight excluding hydrogens is 318 g/mol. The van der Waals surface area contributed by atoms with Crippen molar-refractivity contribution >= 4 is 11.7 Å². The summed E-state index contributed by atoms with van der Waals surface area (Å²) in [5.41, 5.74) is 7.78. The molecule has 1 amide bonds. The Bertz CT molecular complexity index is 853. The lowest BCUT2D eigenvalue weighted by Gasteiger charge is -2.10. The van der Waals surface area contributed by atoms with Crippen LogP contribution < -0.4 is 11.1 Å². The number of amides is 1. The highest BCUT2D eigenvalue weighted by Crippen LogP contribution is 2.27. The maximum absolute atomic E-state index is 12.2. The molecule has 3 N–H and O–H groups in total. The molecule has 0 saturated heterocycles. The molecule has 0 fully saturated rings. The monoisotopic (exact) mass is 339 g/mol. The minimum atomic E-state index is -0.259. The van der Waals surface area contributed by atoms with Gasteiger partial charge in [-0.15, -0.1) is 0 Å². The van der Waals surface area contributed by atoms with Crippen LogP contribution in [0.3, 0.4) is 0 Å². The molecule has 3 rings (SSSR count). The molecule has 1 atom stereocenters. The highest BCUT2D eigenvalue weighted by molar-refractivity contribution is 5.92. The Kier molecular flexibility index (Phi) is 4.83. The Labute approximate surface area is 145 Å². The van der Waals surface area contributed by atoms with Gasteiger partial charge in [-0.1, -0.05) is 31.5 Å². The molecule has 7 nitrogen and oxygen atoms in total. The second-order valence-corrected chi connectivity index (χ2v) is 5.89. The summed E-state index contributed by atoms with van der Waals surface area (Å²) in [6, 6.07) is 9.61. The average molecular weight is 339 g/mol. The topological polar surface area (TPSA) is 99.0 Å². The van der Waals surface area contributed by atoms with Gasteiger partial charge >= 0.3 is 0 Å². The van der Waals surface area contributed by atoms with Gasteiger partial charge in [0.15, 0.2) is 5.69 Å². The zero-order chi connectivity index (χ0) is 17.8. The van der Waals surface area contributed by atoms with Gasteiger partial charge in [-0.25, -0.2) is 9.67 Å². The van der Waals surface area contributed by atoms with Crippen LogP contribution in [0.1, 0.15) is 37.2 Å². The lowest BCUT2D eigenvalue weighted by Crippen LogP contribution is -2.32. The quantitative estimate of drug-likeness (QED) is 0.719. The van der Waals surface area contributed by atoms with Crippen LogP contribution in [-0.4, -0.2) is 26.7 Å². The summed E-state index contributed by atoms with van der Waals surface area (Å²) in [4.78, 5) is 16.4. The molecule has 25 heavy (non-hydrogen) atoms. The van der Waals surface area contributed by atoms with Crippen molar-refractivity contribution in [3.05, 3.63) is 48.5 Å². The number of rotatable bonds is 6. The van der Waals surface area contributed by atoms with Crippen molar-refractivity contribution in [3.63, 3.8) is 0 Å². The lowest BCUT2D eigenvalue weighted by atomic mass is 10.2. The average Bonchev–Trinajstić information content (AvgIpc) is 3.22. The number of nitrogen functional groups attached to an aromatic ring is 1. The molecule has 2 heterocycles. The van der Waals surface area contributed by atoms with Crippen LogP contribution in [0.5, 0.6) is 0 Å². The van der Waals surface area contributed by atoms with Gasteiger partial charge in [-0.3, -0.25) is 4.79 Å². The highest BCUT2D eigenvalue weighted by Gasteiger charge is 2.19. The van der Waals surface area contributed by atoms with E-state index >= 15 is 0 Å². The van der Waals surface area contributed by atoms with E-state index in [0.717, 1.165) is 18.5 Å². The highest BCUT2D eigenvalue weighted by atomic mass is 16.3. The van der Waals surface area contributed by atoms with E-state index in [0.29, 0.717) is 11.4 Å².